The van der Waals surface area contributed by atoms with E-state index in [0.29, 0.717) is 12.1 Å². The third kappa shape index (κ3) is 3.53. The predicted octanol–water partition coefficient (Wildman–Crippen LogP) is 3.00. The van der Waals surface area contributed by atoms with E-state index in [9.17, 15) is 0 Å². The summed E-state index contributed by atoms with van der Waals surface area (Å²) in [6, 6.07) is 2.47. The molecule has 1 aromatic rings. The molecule has 2 rings (SSSR count). The molecule has 0 aliphatic carbocycles. The minimum absolute atomic E-state index is 0.377. The summed E-state index contributed by atoms with van der Waals surface area (Å²) in [6.45, 7) is 6.34. The quantitative estimate of drug-likeness (QED) is 0.840. The van der Waals surface area contributed by atoms with Gasteiger partial charge in [0.05, 0.1) is 6.10 Å². The molecule has 2 heterocycles. The number of hydrogen-bond donors (Lipinski definition) is 1. The molecular weight excluding hydrogens is 224 g/mol. The Hall–Kier alpha value is -0.930. The highest BCUT2D eigenvalue weighted by atomic mass is 16.5. The zero-order valence-corrected chi connectivity index (χ0v) is 11.5. The summed E-state index contributed by atoms with van der Waals surface area (Å²) in [5, 5.41) is 3.63. The third-order valence-electron chi connectivity index (χ3n) is 3.62. The Morgan fingerprint density at radius 3 is 3.11 bits per heavy atom. The third-order valence-corrected chi connectivity index (χ3v) is 3.62. The van der Waals surface area contributed by atoms with Crippen LogP contribution in [-0.2, 0) is 4.74 Å². The highest BCUT2D eigenvalue weighted by Gasteiger charge is 2.22. The first-order chi connectivity index (χ1) is 8.81. The van der Waals surface area contributed by atoms with Crippen molar-refractivity contribution in [1.29, 1.82) is 0 Å². The minimum atomic E-state index is 0.377. The second-order valence-corrected chi connectivity index (χ2v) is 5.11. The van der Waals surface area contributed by atoms with Crippen LogP contribution in [0.15, 0.2) is 18.5 Å². The molecule has 0 radical (unpaired) electrons. The van der Waals surface area contributed by atoms with Crippen LogP contribution in [0.4, 0.5) is 0 Å². The van der Waals surface area contributed by atoms with Crippen molar-refractivity contribution < 1.29 is 4.74 Å². The summed E-state index contributed by atoms with van der Waals surface area (Å²) in [5.41, 5.74) is 2.64. The van der Waals surface area contributed by atoms with Gasteiger partial charge in [0.2, 0.25) is 0 Å². The van der Waals surface area contributed by atoms with Crippen molar-refractivity contribution in [2.24, 2.45) is 0 Å². The summed E-state index contributed by atoms with van der Waals surface area (Å²) in [5.74, 6) is 0. The lowest BCUT2D eigenvalue weighted by atomic mass is 9.97. The van der Waals surface area contributed by atoms with E-state index >= 15 is 0 Å². The molecule has 2 unspecified atom stereocenters. The lowest BCUT2D eigenvalue weighted by Crippen LogP contribution is -2.26. The van der Waals surface area contributed by atoms with Gasteiger partial charge in [-0.25, -0.2) is 0 Å². The van der Waals surface area contributed by atoms with Gasteiger partial charge in [0.1, 0.15) is 0 Å². The first-order valence-electron chi connectivity index (χ1n) is 7.06. The molecule has 3 nitrogen and oxygen atoms in total. The molecule has 0 saturated carbocycles. The molecule has 2 atom stereocenters. The van der Waals surface area contributed by atoms with Crippen LogP contribution in [-0.4, -0.2) is 24.2 Å². The first-order valence-corrected chi connectivity index (χ1v) is 7.06. The van der Waals surface area contributed by atoms with Crippen molar-refractivity contribution in [2.75, 3.05) is 13.2 Å². The second-order valence-electron chi connectivity index (χ2n) is 5.11. The Morgan fingerprint density at radius 2 is 2.44 bits per heavy atom. The average molecular weight is 248 g/mol. The fourth-order valence-corrected chi connectivity index (χ4v) is 2.57. The summed E-state index contributed by atoms with van der Waals surface area (Å²) in [7, 11) is 0. The lowest BCUT2D eigenvalue weighted by molar-refractivity contribution is 0.0945. The molecule has 0 spiro atoms. The van der Waals surface area contributed by atoms with Gasteiger partial charge in [-0.1, -0.05) is 6.92 Å². The fraction of sp³-hybridized carbons (Fsp3) is 0.667. The summed E-state index contributed by atoms with van der Waals surface area (Å²) < 4.78 is 5.76. The number of rotatable bonds is 6. The SMILES string of the molecule is CCCNC(CC1CCCO1)c1cnccc1C. The fourth-order valence-electron chi connectivity index (χ4n) is 2.57. The number of aryl methyl sites for hydroxylation is 1. The Bertz CT molecular complexity index is 361. The Kier molecular flexibility index (Phi) is 5.14. The van der Waals surface area contributed by atoms with Crippen molar-refractivity contribution >= 4 is 0 Å². The zero-order chi connectivity index (χ0) is 12.8. The highest BCUT2D eigenvalue weighted by molar-refractivity contribution is 5.25. The normalized spacial score (nSPS) is 21.1. The molecule has 1 aliphatic heterocycles. The Balaban J connectivity index is 2.06. The van der Waals surface area contributed by atoms with Crippen LogP contribution in [0.3, 0.4) is 0 Å². The number of pyridine rings is 1. The molecule has 1 fully saturated rings. The van der Waals surface area contributed by atoms with Crippen molar-refractivity contribution in [3.8, 4) is 0 Å². The molecule has 1 aromatic heterocycles. The van der Waals surface area contributed by atoms with E-state index in [-0.39, 0.29) is 0 Å². The van der Waals surface area contributed by atoms with E-state index in [1.165, 1.54) is 24.0 Å². The van der Waals surface area contributed by atoms with E-state index in [1.54, 1.807) is 0 Å². The van der Waals surface area contributed by atoms with Gasteiger partial charge in [-0.2, -0.15) is 0 Å². The summed E-state index contributed by atoms with van der Waals surface area (Å²) >= 11 is 0. The molecule has 18 heavy (non-hydrogen) atoms. The van der Waals surface area contributed by atoms with Gasteiger partial charge >= 0.3 is 0 Å². The maximum absolute atomic E-state index is 5.76. The van der Waals surface area contributed by atoms with Gasteiger partial charge in [-0.3, -0.25) is 4.98 Å². The minimum Gasteiger partial charge on any atom is -0.378 e. The molecule has 1 N–H and O–H groups in total. The van der Waals surface area contributed by atoms with Gasteiger partial charge in [-0.05, 0) is 56.3 Å². The van der Waals surface area contributed by atoms with Crippen LogP contribution in [0.5, 0.6) is 0 Å². The van der Waals surface area contributed by atoms with Gasteiger partial charge in [-0.15, -0.1) is 0 Å². The van der Waals surface area contributed by atoms with Crippen LogP contribution >= 0.6 is 0 Å². The van der Waals surface area contributed by atoms with Crippen LogP contribution in [0.2, 0.25) is 0 Å². The van der Waals surface area contributed by atoms with Crippen LogP contribution in [0, 0.1) is 6.92 Å². The number of ether oxygens (including phenoxy) is 1. The zero-order valence-electron chi connectivity index (χ0n) is 11.5. The monoisotopic (exact) mass is 248 g/mol. The molecule has 1 aliphatic rings. The number of nitrogens with zero attached hydrogens (tertiary/aromatic N) is 1. The largest absolute Gasteiger partial charge is 0.378 e. The van der Waals surface area contributed by atoms with Crippen molar-refractivity contribution in [3.63, 3.8) is 0 Å². The topological polar surface area (TPSA) is 34.1 Å². The maximum Gasteiger partial charge on any atom is 0.0594 e. The molecular formula is C15H24N2O. The van der Waals surface area contributed by atoms with Crippen molar-refractivity contribution in [1.82, 2.24) is 10.3 Å². The van der Waals surface area contributed by atoms with Crippen LogP contribution in [0.25, 0.3) is 0 Å². The van der Waals surface area contributed by atoms with E-state index < -0.39 is 0 Å². The molecule has 0 bridgehead atoms. The molecule has 1 saturated heterocycles. The van der Waals surface area contributed by atoms with E-state index in [4.69, 9.17) is 4.74 Å². The number of nitrogens with one attached hydrogen (secondary N) is 1. The standard InChI is InChI=1S/C15H24N2O/c1-3-7-17-15(10-13-5-4-9-18-13)14-11-16-8-6-12(14)2/h6,8,11,13,15,17H,3-5,7,9-10H2,1-2H3. The molecule has 100 valence electrons. The summed E-state index contributed by atoms with van der Waals surface area (Å²) in [4.78, 5) is 4.27. The van der Waals surface area contributed by atoms with Crippen molar-refractivity contribution in [2.45, 2.75) is 51.7 Å². The Morgan fingerprint density at radius 1 is 1.56 bits per heavy atom. The predicted molar refractivity (Wildman–Crippen MR) is 73.6 cm³/mol. The van der Waals surface area contributed by atoms with Crippen LogP contribution in [0.1, 0.15) is 49.8 Å². The van der Waals surface area contributed by atoms with Crippen molar-refractivity contribution in [3.05, 3.63) is 29.6 Å². The van der Waals surface area contributed by atoms with E-state index in [2.05, 4.69) is 30.2 Å². The lowest BCUT2D eigenvalue weighted by Gasteiger charge is -2.23. The van der Waals surface area contributed by atoms with E-state index in [0.717, 1.165) is 26.0 Å². The van der Waals surface area contributed by atoms with Gasteiger partial charge in [0.25, 0.3) is 0 Å². The van der Waals surface area contributed by atoms with Gasteiger partial charge in [0, 0.05) is 25.0 Å². The average Bonchev–Trinajstić information content (AvgIpc) is 2.88. The Labute approximate surface area is 110 Å². The highest BCUT2D eigenvalue weighted by Crippen LogP contribution is 2.26. The molecule has 0 aromatic carbocycles. The number of aromatic nitrogens is 1. The first kappa shape index (κ1) is 13.5. The van der Waals surface area contributed by atoms with E-state index in [1.807, 2.05) is 12.4 Å². The summed E-state index contributed by atoms with van der Waals surface area (Å²) in [6.07, 6.45) is 8.90. The van der Waals surface area contributed by atoms with Gasteiger partial charge < -0.3 is 10.1 Å². The number of hydrogen-bond acceptors (Lipinski definition) is 3. The molecule has 3 heteroatoms. The second kappa shape index (κ2) is 6.86. The van der Waals surface area contributed by atoms with Gasteiger partial charge in [0.15, 0.2) is 0 Å². The maximum atomic E-state index is 5.76. The van der Waals surface area contributed by atoms with Crippen LogP contribution < -0.4 is 5.32 Å². The molecule has 0 amide bonds. The smallest absolute Gasteiger partial charge is 0.0594 e.